The summed E-state index contributed by atoms with van der Waals surface area (Å²) < 4.78 is 13.2. The minimum atomic E-state index is -2.14. The fourth-order valence-electron chi connectivity index (χ4n) is 1.73. The lowest BCUT2D eigenvalue weighted by Gasteiger charge is -2.07. The van der Waals surface area contributed by atoms with Gasteiger partial charge in [-0.1, -0.05) is 30.3 Å². The molecule has 0 aliphatic carbocycles. The fourth-order valence-corrected chi connectivity index (χ4v) is 3.30. The van der Waals surface area contributed by atoms with Gasteiger partial charge in [-0.2, -0.15) is 0 Å². The van der Waals surface area contributed by atoms with Gasteiger partial charge in [0, 0.05) is 21.4 Å². The van der Waals surface area contributed by atoms with Crippen LogP contribution in [0.25, 0.3) is 10.8 Å². The highest BCUT2D eigenvalue weighted by Crippen LogP contribution is 2.33. The van der Waals surface area contributed by atoms with Crippen molar-refractivity contribution < 1.29 is 14.5 Å². The van der Waals surface area contributed by atoms with E-state index in [1.807, 2.05) is 30.3 Å². The second-order valence-corrected chi connectivity index (χ2v) is 6.13. The van der Waals surface area contributed by atoms with E-state index in [0.29, 0.717) is 5.30 Å². The largest absolute Gasteiger partial charge is 0.491 e. The van der Waals surface area contributed by atoms with Crippen LogP contribution in [0.1, 0.15) is 6.92 Å². The van der Waals surface area contributed by atoms with Gasteiger partial charge in [-0.05, 0) is 29.0 Å². The minimum Gasteiger partial charge on any atom is -0.480 e. The highest BCUT2D eigenvalue weighted by molar-refractivity contribution is 7.53. The third-order valence-corrected chi connectivity index (χ3v) is 5.02. The first-order chi connectivity index (χ1) is 9.02. The Bertz CT molecular complexity index is 641. The van der Waals surface area contributed by atoms with E-state index in [1.54, 1.807) is 12.1 Å². The summed E-state index contributed by atoms with van der Waals surface area (Å²) in [5, 5.41) is 11.2. The number of benzene rings is 2. The number of hydrogen-bond acceptors (Lipinski definition) is 2. The van der Waals surface area contributed by atoms with Crippen molar-refractivity contribution in [3.05, 3.63) is 42.5 Å². The summed E-state index contributed by atoms with van der Waals surface area (Å²) in [5.41, 5.74) is 0. The monoisotopic (exact) mass is 296 g/mol. The van der Waals surface area contributed by atoms with Gasteiger partial charge in [0.05, 0.1) is 0 Å². The van der Waals surface area contributed by atoms with Gasteiger partial charge in [-0.15, -0.1) is 0 Å². The zero-order valence-corrected chi connectivity index (χ0v) is 11.8. The maximum Gasteiger partial charge on any atom is 0.491 e. The number of carboxylic acids is 1. The zero-order valence-electron chi connectivity index (χ0n) is 10.2. The van der Waals surface area contributed by atoms with Gasteiger partial charge in [0.1, 0.15) is 0 Å². The Kier molecular flexibility index (Phi) is 4.15. The second kappa shape index (κ2) is 5.66. The Labute approximate surface area is 116 Å². The van der Waals surface area contributed by atoms with Crippen LogP contribution >= 0.6 is 19.7 Å². The maximum atomic E-state index is 12.4. The molecule has 0 spiro atoms. The number of carboxylic acid groups (broad SMARTS) is 1. The van der Waals surface area contributed by atoms with E-state index < -0.39 is 20.0 Å². The lowest BCUT2D eigenvalue weighted by molar-refractivity contribution is -0.139. The summed E-state index contributed by atoms with van der Waals surface area (Å²) in [7, 11) is -2.14. The number of rotatable bonds is 4. The van der Waals surface area contributed by atoms with Crippen molar-refractivity contribution in [1.29, 1.82) is 0 Å². The average Bonchev–Trinajstić information content (AvgIpc) is 2.44. The molecule has 0 aliphatic rings. The first-order valence-electron chi connectivity index (χ1n) is 5.65. The molecule has 0 radical (unpaired) electrons. The molecule has 4 nitrogen and oxygen atoms in total. The summed E-state index contributed by atoms with van der Waals surface area (Å²) in [6.45, 7) is 1.40. The normalized spacial score (nSPS) is 13.5. The van der Waals surface area contributed by atoms with Crippen LogP contribution in [0.2, 0.25) is 0 Å². The smallest absolute Gasteiger partial charge is 0.480 e. The Morgan fingerprint density at radius 1 is 1.26 bits per heavy atom. The molecule has 98 valence electrons. The molecule has 2 atom stereocenters. The van der Waals surface area contributed by atoms with Crippen molar-refractivity contribution in [3.8, 4) is 0 Å². The molecule has 0 bridgehead atoms. The fraction of sp³-hybridized carbons (Fsp3) is 0.154. The van der Waals surface area contributed by atoms with Gasteiger partial charge in [-0.3, -0.25) is 4.79 Å². The molecule has 0 saturated carbocycles. The summed E-state index contributed by atoms with van der Waals surface area (Å²) >= 11 is 5.88. The summed E-state index contributed by atoms with van der Waals surface area (Å²) in [6, 6.07) is 11.8. The predicted octanol–water partition coefficient (Wildman–Crippen LogP) is 3.14. The Morgan fingerprint density at radius 3 is 2.58 bits per heavy atom. The van der Waals surface area contributed by atoms with Crippen molar-refractivity contribution in [1.82, 2.24) is 4.19 Å². The molecule has 2 aromatic rings. The minimum absolute atomic E-state index is 0.538. The predicted molar refractivity (Wildman–Crippen MR) is 76.0 cm³/mol. The molecule has 1 N–H and O–H groups in total. The highest BCUT2D eigenvalue weighted by Gasteiger charge is 2.38. The van der Waals surface area contributed by atoms with Crippen LogP contribution in [0.15, 0.2) is 42.5 Å². The SMILES string of the molecule is CC(C(=O)O)N(Cl)[P+](=O)c1cccc2ccccc12. The van der Waals surface area contributed by atoms with Gasteiger partial charge in [0.15, 0.2) is 6.04 Å². The summed E-state index contributed by atoms with van der Waals surface area (Å²) in [6.07, 6.45) is 0. The van der Waals surface area contributed by atoms with E-state index in [4.69, 9.17) is 16.9 Å². The first kappa shape index (κ1) is 13.9. The molecule has 0 fully saturated rings. The van der Waals surface area contributed by atoms with Crippen LogP contribution in [0.5, 0.6) is 0 Å². The van der Waals surface area contributed by atoms with E-state index >= 15 is 0 Å². The molecule has 2 unspecified atom stereocenters. The van der Waals surface area contributed by atoms with Gasteiger partial charge < -0.3 is 5.11 Å². The van der Waals surface area contributed by atoms with Crippen LogP contribution in [0.4, 0.5) is 0 Å². The molecular weight excluding hydrogens is 285 g/mol. The average molecular weight is 297 g/mol. The second-order valence-electron chi connectivity index (χ2n) is 4.07. The lowest BCUT2D eigenvalue weighted by Crippen LogP contribution is -2.29. The van der Waals surface area contributed by atoms with E-state index in [1.165, 1.54) is 6.92 Å². The molecule has 0 amide bonds. The van der Waals surface area contributed by atoms with Crippen LogP contribution in [0, 0.1) is 0 Å². The van der Waals surface area contributed by atoms with Crippen molar-refractivity contribution in [2.45, 2.75) is 13.0 Å². The van der Waals surface area contributed by atoms with E-state index in [9.17, 15) is 9.36 Å². The Balaban J connectivity index is 2.44. The Hall–Kier alpha value is -1.48. The third kappa shape index (κ3) is 2.76. The molecule has 2 aromatic carbocycles. The quantitative estimate of drug-likeness (QED) is 0.695. The first-order valence-corrected chi connectivity index (χ1v) is 7.20. The number of aliphatic carboxylic acids is 1. The number of hydrogen-bond donors (Lipinski definition) is 1. The molecule has 2 rings (SSSR count). The van der Waals surface area contributed by atoms with Crippen molar-refractivity contribution in [3.63, 3.8) is 0 Å². The van der Waals surface area contributed by atoms with Crippen LogP contribution in [-0.4, -0.2) is 21.3 Å². The zero-order chi connectivity index (χ0) is 14.0. The van der Waals surface area contributed by atoms with Gasteiger partial charge in [-0.25, -0.2) is 0 Å². The summed E-state index contributed by atoms with van der Waals surface area (Å²) in [4.78, 5) is 10.9. The van der Waals surface area contributed by atoms with Crippen molar-refractivity contribution in [2.24, 2.45) is 0 Å². The number of halogens is 1. The topological polar surface area (TPSA) is 57.6 Å². The molecule has 0 heterocycles. The highest BCUT2D eigenvalue weighted by atomic mass is 35.5. The molecule has 0 aliphatic heterocycles. The summed E-state index contributed by atoms with van der Waals surface area (Å²) in [5.74, 6) is -1.11. The Morgan fingerprint density at radius 2 is 1.89 bits per heavy atom. The number of nitrogens with zero attached hydrogens (tertiary/aromatic N) is 1. The molecule has 0 saturated heterocycles. The molecular formula is C13H12ClNO3P+. The van der Waals surface area contributed by atoms with E-state index in [-0.39, 0.29) is 0 Å². The number of carbonyl (C=O) groups is 1. The van der Waals surface area contributed by atoms with Gasteiger partial charge in [0.2, 0.25) is 5.30 Å². The van der Waals surface area contributed by atoms with Crippen LogP contribution in [-0.2, 0) is 9.36 Å². The molecule has 19 heavy (non-hydrogen) atoms. The van der Waals surface area contributed by atoms with Gasteiger partial charge >= 0.3 is 13.9 Å². The van der Waals surface area contributed by atoms with Crippen molar-refractivity contribution >= 4 is 41.8 Å². The standard InChI is InChI=1S/C13H11ClNO3P/c1-9(13(16)17)15(14)19(18)12-8-4-6-10-5-2-3-7-11(10)12/h2-9H,1H3/p+1. The van der Waals surface area contributed by atoms with Gasteiger partial charge in [0.25, 0.3) is 0 Å². The van der Waals surface area contributed by atoms with Crippen LogP contribution in [0.3, 0.4) is 0 Å². The van der Waals surface area contributed by atoms with Crippen LogP contribution < -0.4 is 5.30 Å². The van der Waals surface area contributed by atoms with Crippen molar-refractivity contribution in [2.75, 3.05) is 0 Å². The number of fused-ring (bicyclic) bond motifs is 1. The lowest BCUT2D eigenvalue weighted by atomic mass is 10.1. The molecule has 0 aromatic heterocycles. The third-order valence-electron chi connectivity index (χ3n) is 2.82. The molecule has 6 heteroatoms. The maximum absolute atomic E-state index is 12.4. The van der Waals surface area contributed by atoms with E-state index in [2.05, 4.69) is 0 Å². The van der Waals surface area contributed by atoms with E-state index in [0.717, 1.165) is 15.0 Å².